The van der Waals surface area contributed by atoms with Crippen LogP contribution in [0.1, 0.15) is 17.2 Å². The molecule has 30 heavy (non-hydrogen) atoms. The number of nitrogens with one attached hydrogen (secondary N) is 2. The van der Waals surface area contributed by atoms with E-state index in [2.05, 4.69) is 15.5 Å². The molecule has 1 heterocycles. The van der Waals surface area contributed by atoms with Gasteiger partial charge in [0.2, 0.25) is 0 Å². The van der Waals surface area contributed by atoms with Crippen LogP contribution in [0.4, 0.5) is 23.7 Å². The molecule has 2 N–H and O–H groups in total. The lowest BCUT2D eigenvalue weighted by molar-refractivity contribution is -0.136. The van der Waals surface area contributed by atoms with E-state index in [1.54, 1.807) is 7.11 Å². The molecule has 1 atom stereocenters. The Hall–Kier alpha value is -2.78. The minimum absolute atomic E-state index is 0.174. The fraction of sp³-hybridized carbons (Fsp3) is 0.381. The Kier molecular flexibility index (Phi) is 7.17. The number of urea groups is 1. The molecule has 162 valence electrons. The van der Waals surface area contributed by atoms with Crippen molar-refractivity contribution in [3.05, 3.63) is 59.7 Å². The third kappa shape index (κ3) is 5.64. The van der Waals surface area contributed by atoms with Gasteiger partial charge < -0.3 is 20.1 Å². The van der Waals surface area contributed by atoms with Crippen molar-refractivity contribution in [1.82, 2.24) is 10.2 Å². The normalized spacial score (nSPS) is 16.0. The third-order valence-corrected chi connectivity index (χ3v) is 4.90. The summed E-state index contributed by atoms with van der Waals surface area (Å²) in [6, 6.07) is 11.5. The molecule has 1 saturated heterocycles. The summed E-state index contributed by atoms with van der Waals surface area (Å²) in [5, 5.41) is 5.01. The molecule has 0 aliphatic carbocycles. The van der Waals surface area contributed by atoms with Gasteiger partial charge in [-0.2, -0.15) is 13.2 Å². The lowest BCUT2D eigenvalue weighted by Gasteiger charge is -2.35. The largest absolute Gasteiger partial charge is 0.497 e. The number of hydrogen-bond acceptors (Lipinski definition) is 4. The highest BCUT2D eigenvalue weighted by atomic mass is 19.4. The number of rotatable bonds is 6. The number of hydrogen-bond donors (Lipinski definition) is 2. The van der Waals surface area contributed by atoms with Gasteiger partial charge in [-0.15, -0.1) is 0 Å². The van der Waals surface area contributed by atoms with E-state index in [1.807, 2.05) is 24.3 Å². The molecule has 2 aromatic carbocycles. The molecule has 3 rings (SSSR count). The van der Waals surface area contributed by atoms with Crippen molar-refractivity contribution in [3.63, 3.8) is 0 Å². The highest BCUT2D eigenvalue weighted by molar-refractivity contribution is 5.90. The van der Waals surface area contributed by atoms with Crippen molar-refractivity contribution in [3.8, 4) is 5.75 Å². The summed E-state index contributed by atoms with van der Waals surface area (Å²) in [5.41, 5.74) is -0.239. The van der Waals surface area contributed by atoms with Gasteiger partial charge in [-0.25, -0.2) is 4.79 Å². The van der Waals surface area contributed by atoms with Gasteiger partial charge in [-0.05, 0) is 29.8 Å². The highest BCUT2D eigenvalue weighted by Gasteiger charge is 2.33. The van der Waals surface area contributed by atoms with E-state index in [0.29, 0.717) is 32.1 Å². The highest BCUT2D eigenvalue weighted by Crippen LogP contribution is 2.34. The van der Waals surface area contributed by atoms with Gasteiger partial charge in [0.05, 0.1) is 37.6 Å². The summed E-state index contributed by atoms with van der Waals surface area (Å²) in [7, 11) is 1.58. The fourth-order valence-corrected chi connectivity index (χ4v) is 3.39. The van der Waals surface area contributed by atoms with Crippen LogP contribution in [0, 0.1) is 0 Å². The molecule has 2 amide bonds. The Balaban J connectivity index is 1.72. The molecule has 1 fully saturated rings. The molecule has 1 aliphatic rings. The Morgan fingerprint density at radius 2 is 1.90 bits per heavy atom. The second-order valence-corrected chi connectivity index (χ2v) is 6.82. The van der Waals surface area contributed by atoms with Crippen molar-refractivity contribution in [2.24, 2.45) is 0 Å². The minimum Gasteiger partial charge on any atom is -0.497 e. The summed E-state index contributed by atoms with van der Waals surface area (Å²) in [4.78, 5) is 14.5. The van der Waals surface area contributed by atoms with Crippen molar-refractivity contribution in [2.75, 3.05) is 45.3 Å². The molecule has 0 spiro atoms. The van der Waals surface area contributed by atoms with Crippen LogP contribution in [0.25, 0.3) is 0 Å². The summed E-state index contributed by atoms with van der Waals surface area (Å²) in [5.74, 6) is 0.689. The number of alkyl halides is 3. The number of halogens is 3. The van der Waals surface area contributed by atoms with E-state index in [4.69, 9.17) is 9.47 Å². The van der Waals surface area contributed by atoms with Gasteiger partial charge in [0, 0.05) is 19.6 Å². The maximum Gasteiger partial charge on any atom is 0.418 e. The number of benzene rings is 2. The summed E-state index contributed by atoms with van der Waals surface area (Å²) < 4.78 is 50.1. The van der Waals surface area contributed by atoms with Crippen molar-refractivity contribution < 1.29 is 27.4 Å². The molecule has 0 radical (unpaired) electrons. The van der Waals surface area contributed by atoms with Crippen LogP contribution in [-0.4, -0.2) is 50.9 Å². The lowest BCUT2D eigenvalue weighted by atomic mass is 10.0. The molecule has 0 aromatic heterocycles. The Labute approximate surface area is 173 Å². The van der Waals surface area contributed by atoms with Gasteiger partial charge in [0.15, 0.2) is 0 Å². The van der Waals surface area contributed by atoms with E-state index >= 15 is 0 Å². The quantitative estimate of drug-likeness (QED) is 0.740. The number of carbonyl (C=O) groups is 1. The summed E-state index contributed by atoms with van der Waals surface area (Å²) >= 11 is 0. The molecule has 1 unspecified atom stereocenters. The number of anilines is 1. The van der Waals surface area contributed by atoms with Gasteiger partial charge in [-0.1, -0.05) is 24.3 Å². The zero-order chi connectivity index (χ0) is 21.6. The van der Waals surface area contributed by atoms with Gasteiger partial charge in [0.1, 0.15) is 5.75 Å². The first-order valence-electron chi connectivity index (χ1n) is 9.55. The molecule has 9 heteroatoms. The van der Waals surface area contributed by atoms with E-state index in [0.717, 1.165) is 11.6 Å². The molecule has 6 nitrogen and oxygen atoms in total. The first-order chi connectivity index (χ1) is 14.4. The van der Waals surface area contributed by atoms with Crippen LogP contribution >= 0.6 is 0 Å². The zero-order valence-electron chi connectivity index (χ0n) is 16.5. The van der Waals surface area contributed by atoms with E-state index in [1.165, 1.54) is 18.2 Å². The molecule has 0 saturated carbocycles. The zero-order valence-corrected chi connectivity index (χ0v) is 16.5. The monoisotopic (exact) mass is 423 g/mol. The first kappa shape index (κ1) is 21.9. The number of nitrogens with zero attached hydrogens (tertiary/aromatic N) is 1. The predicted molar refractivity (Wildman–Crippen MR) is 107 cm³/mol. The Bertz CT molecular complexity index is 855. The topological polar surface area (TPSA) is 62.8 Å². The average molecular weight is 423 g/mol. The van der Waals surface area contributed by atoms with Crippen LogP contribution in [0.5, 0.6) is 5.75 Å². The van der Waals surface area contributed by atoms with Crippen molar-refractivity contribution in [1.29, 1.82) is 0 Å². The number of amides is 2. The number of ether oxygens (including phenoxy) is 2. The molecule has 2 aromatic rings. The van der Waals surface area contributed by atoms with Crippen LogP contribution in [-0.2, 0) is 10.9 Å². The maximum absolute atomic E-state index is 13.1. The van der Waals surface area contributed by atoms with Crippen molar-refractivity contribution in [2.45, 2.75) is 12.2 Å². The molecule has 1 aliphatic heterocycles. The van der Waals surface area contributed by atoms with Gasteiger partial charge >= 0.3 is 12.2 Å². The second kappa shape index (κ2) is 9.82. The number of methoxy groups -OCH3 is 1. The maximum atomic E-state index is 13.1. The second-order valence-electron chi connectivity index (χ2n) is 6.82. The fourth-order valence-electron chi connectivity index (χ4n) is 3.39. The van der Waals surface area contributed by atoms with Gasteiger partial charge in [-0.3, -0.25) is 4.90 Å². The molecule has 0 bridgehead atoms. The van der Waals surface area contributed by atoms with E-state index < -0.39 is 17.8 Å². The smallest absolute Gasteiger partial charge is 0.418 e. The van der Waals surface area contributed by atoms with Crippen LogP contribution in [0.15, 0.2) is 48.5 Å². The van der Waals surface area contributed by atoms with Crippen LogP contribution in [0.3, 0.4) is 0 Å². The minimum atomic E-state index is -4.55. The number of para-hydroxylation sites is 1. The number of carbonyl (C=O) groups excluding carboxylic acids is 1. The summed E-state index contributed by atoms with van der Waals surface area (Å²) in [6.07, 6.45) is -4.55. The third-order valence-electron chi connectivity index (χ3n) is 4.90. The Morgan fingerprint density at radius 3 is 2.60 bits per heavy atom. The first-order valence-corrected chi connectivity index (χ1v) is 9.55. The lowest BCUT2D eigenvalue weighted by Crippen LogP contribution is -2.44. The molecular weight excluding hydrogens is 399 g/mol. The van der Waals surface area contributed by atoms with Gasteiger partial charge in [0.25, 0.3) is 0 Å². The van der Waals surface area contributed by atoms with E-state index in [-0.39, 0.29) is 18.3 Å². The SMILES string of the molecule is COc1cccc(C(CNC(=O)Nc2ccccc2C(F)(F)F)N2CCOCC2)c1. The predicted octanol–water partition coefficient (Wildman–Crippen LogP) is 3.91. The van der Waals surface area contributed by atoms with E-state index in [9.17, 15) is 18.0 Å². The molecular formula is C21H24F3N3O3. The Morgan fingerprint density at radius 1 is 1.17 bits per heavy atom. The average Bonchev–Trinajstić information content (AvgIpc) is 2.74. The van der Waals surface area contributed by atoms with Crippen molar-refractivity contribution >= 4 is 11.7 Å². The standard InChI is InChI=1S/C21H24F3N3O3/c1-29-16-6-4-5-15(13-16)19(27-9-11-30-12-10-27)14-25-20(28)26-18-8-3-2-7-17(18)21(22,23)24/h2-8,13,19H,9-12,14H2,1H3,(H2,25,26,28). The van der Waals surface area contributed by atoms with Crippen LogP contribution < -0.4 is 15.4 Å². The number of morpholine rings is 1. The summed E-state index contributed by atoms with van der Waals surface area (Å²) in [6.45, 7) is 2.73. The van der Waals surface area contributed by atoms with Crippen LogP contribution in [0.2, 0.25) is 0 Å².